The summed E-state index contributed by atoms with van der Waals surface area (Å²) in [5.74, 6) is 2.69. The Balaban J connectivity index is 2.02. The van der Waals surface area contributed by atoms with Gasteiger partial charge in [-0.05, 0) is 55.8 Å². The molecular weight excluding hydrogens is 172 g/mol. The molecule has 0 aromatic carbocycles. The van der Waals surface area contributed by atoms with E-state index in [1.165, 1.54) is 25.7 Å². The van der Waals surface area contributed by atoms with Gasteiger partial charge in [-0.3, -0.25) is 0 Å². The molecule has 2 fully saturated rings. The van der Waals surface area contributed by atoms with Gasteiger partial charge >= 0.3 is 0 Å². The third-order valence-electron chi connectivity index (χ3n) is 4.54. The van der Waals surface area contributed by atoms with Crippen LogP contribution >= 0.6 is 0 Å². The van der Waals surface area contributed by atoms with E-state index < -0.39 is 0 Å². The van der Waals surface area contributed by atoms with Crippen molar-refractivity contribution >= 4 is 0 Å². The summed E-state index contributed by atoms with van der Waals surface area (Å²) in [5.41, 5.74) is -0.298. The second-order valence-corrected chi connectivity index (χ2v) is 6.10. The van der Waals surface area contributed by atoms with Crippen LogP contribution in [0.4, 0.5) is 0 Å². The molecule has 4 atom stereocenters. The topological polar surface area (TPSA) is 20.2 Å². The van der Waals surface area contributed by atoms with E-state index in [4.69, 9.17) is 0 Å². The molecule has 2 saturated carbocycles. The zero-order valence-electron chi connectivity index (χ0n) is 9.79. The molecule has 0 heterocycles. The van der Waals surface area contributed by atoms with Crippen LogP contribution in [0, 0.1) is 23.7 Å². The first kappa shape index (κ1) is 10.5. The summed E-state index contributed by atoms with van der Waals surface area (Å²) in [5, 5.41) is 10.7. The molecule has 2 aliphatic carbocycles. The molecule has 1 N–H and O–H groups in total. The van der Waals surface area contributed by atoms with Crippen molar-refractivity contribution in [2.45, 2.75) is 58.5 Å². The molecule has 4 unspecified atom stereocenters. The molecule has 0 radical (unpaired) electrons. The van der Waals surface area contributed by atoms with Gasteiger partial charge < -0.3 is 5.11 Å². The highest BCUT2D eigenvalue weighted by molar-refractivity contribution is 5.03. The van der Waals surface area contributed by atoms with Crippen molar-refractivity contribution in [1.29, 1.82) is 0 Å². The van der Waals surface area contributed by atoms with Gasteiger partial charge in [-0.15, -0.1) is 0 Å². The molecule has 0 amide bonds. The fraction of sp³-hybridized carbons (Fsp3) is 1.00. The minimum atomic E-state index is -0.298. The lowest BCUT2D eigenvalue weighted by atomic mass is 9.73. The summed E-state index contributed by atoms with van der Waals surface area (Å²) in [6.07, 6.45) is 6.23. The number of rotatable bonds is 3. The average Bonchev–Trinajstić information content (AvgIpc) is 2.62. The molecule has 1 nitrogen and oxygen atoms in total. The van der Waals surface area contributed by atoms with Gasteiger partial charge in [0.1, 0.15) is 0 Å². The second-order valence-electron chi connectivity index (χ2n) is 6.10. The van der Waals surface area contributed by atoms with E-state index in [0.717, 1.165) is 12.3 Å². The van der Waals surface area contributed by atoms with Crippen LogP contribution in [0.3, 0.4) is 0 Å². The van der Waals surface area contributed by atoms with Crippen molar-refractivity contribution in [3.05, 3.63) is 0 Å². The first-order chi connectivity index (χ1) is 6.52. The summed E-state index contributed by atoms with van der Waals surface area (Å²) in [4.78, 5) is 0. The van der Waals surface area contributed by atoms with Crippen molar-refractivity contribution < 1.29 is 5.11 Å². The fourth-order valence-corrected chi connectivity index (χ4v) is 3.86. The lowest BCUT2D eigenvalue weighted by Gasteiger charge is -2.38. The van der Waals surface area contributed by atoms with E-state index >= 15 is 0 Å². The molecule has 0 aromatic heterocycles. The molecule has 0 spiro atoms. The van der Waals surface area contributed by atoms with E-state index in [1.807, 2.05) is 0 Å². The van der Waals surface area contributed by atoms with Gasteiger partial charge in [0, 0.05) is 0 Å². The third kappa shape index (κ3) is 1.60. The van der Waals surface area contributed by atoms with Gasteiger partial charge in [0.2, 0.25) is 0 Å². The fourth-order valence-electron chi connectivity index (χ4n) is 3.86. The summed E-state index contributed by atoms with van der Waals surface area (Å²) >= 11 is 0. The number of fused-ring (bicyclic) bond motifs is 2. The van der Waals surface area contributed by atoms with Gasteiger partial charge in [0.25, 0.3) is 0 Å². The van der Waals surface area contributed by atoms with Gasteiger partial charge in [-0.1, -0.05) is 20.8 Å². The first-order valence-electron chi connectivity index (χ1n) is 6.24. The third-order valence-corrected chi connectivity index (χ3v) is 4.54. The van der Waals surface area contributed by atoms with Gasteiger partial charge in [-0.25, -0.2) is 0 Å². The molecule has 2 bridgehead atoms. The molecule has 82 valence electrons. The molecule has 0 saturated heterocycles. The van der Waals surface area contributed by atoms with Crippen LogP contribution in [0.25, 0.3) is 0 Å². The first-order valence-corrected chi connectivity index (χ1v) is 6.24. The van der Waals surface area contributed by atoms with Crippen molar-refractivity contribution in [1.82, 2.24) is 0 Å². The summed E-state index contributed by atoms with van der Waals surface area (Å²) in [6, 6.07) is 0. The maximum absolute atomic E-state index is 10.7. The van der Waals surface area contributed by atoms with E-state index in [1.54, 1.807) is 0 Å². The minimum Gasteiger partial charge on any atom is -0.389 e. The largest absolute Gasteiger partial charge is 0.389 e. The summed E-state index contributed by atoms with van der Waals surface area (Å²) in [7, 11) is 0. The monoisotopic (exact) mass is 196 g/mol. The average molecular weight is 196 g/mol. The zero-order valence-corrected chi connectivity index (χ0v) is 9.79. The highest BCUT2D eigenvalue weighted by atomic mass is 16.3. The van der Waals surface area contributed by atoms with E-state index in [0.29, 0.717) is 17.8 Å². The molecule has 2 aliphatic rings. The Morgan fingerprint density at radius 3 is 2.43 bits per heavy atom. The number of aliphatic hydroxyl groups is 1. The van der Waals surface area contributed by atoms with Crippen LogP contribution in [0.15, 0.2) is 0 Å². The molecule has 0 aliphatic heterocycles. The molecule has 1 heteroatoms. The van der Waals surface area contributed by atoms with E-state index in [2.05, 4.69) is 20.8 Å². The SMILES string of the molecule is CC(C)CC(C)C1(O)CC2CCC1C2. The highest BCUT2D eigenvalue weighted by Crippen LogP contribution is 2.54. The van der Waals surface area contributed by atoms with Gasteiger partial charge in [0.05, 0.1) is 5.60 Å². The van der Waals surface area contributed by atoms with Gasteiger partial charge in [-0.2, -0.15) is 0 Å². The maximum Gasteiger partial charge on any atom is 0.0704 e. The summed E-state index contributed by atoms with van der Waals surface area (Å²) < 4.78 is 0. The Bertz CT molecular complexity index is 211. The Labute approximate surface area is 87.9 Å². The van der Waals surface area contributed by atoms with Crippen molar-refractivity contribution in [2.24, 2.45) is 23.7 Å². The maximum atomic E-state index is 10.7. The standard InChI is InChI=1S/C13H24O/c1-9(2)6-10(3)13(14)8-11-4-5-12(13)7-11/h9-12,14H,4-8H2,1-3H3. The molecule has 2 rings (SSSR count). The van der Waals surface area contributed by atoms with Crippen LogP contribution in [0.1, 0.15) is 52.9 Å². The predicted octanol–water partition coefficient (Wildman–Crippen LogP) is 3.22. The Hall–Kier alpha value is -0.0400. The van der Waals surface area contributed by atoms with Crippen LogP contribution in [0.5, 0.6) is 0 Å². The van der Waals surface area contributed by atoms with Crippen LogP contribution in [0.2, 0.25) is 0 Å². The zero-order chi connectivity index (χ0) is 10.3. The minimum absolute atomic E-state index is 0.298. The lowest BCUT2D eigenvalue weighted by Crippen LogP contribution is -2.42. The van der Waals surface area contributed by atoms with Crippen LogP contribution in [-0.2, 0) is 0 Å². The highest BCUT2D eigenvalue weighted by Gasteiger charge is 2.52. The van der Waals surface area contributed by atoms with E-state index in [-0.39, 0.29) is 5.60 Å². The Kier molecular flexibility index (Phi) is 2.63. The predicted molar refractivity (Wildman–Crippen MR) is 59.0 cm³/mol. The number of hydrogen-bond acceptors (Lipinski definition) is 1. The van der Waals surface area contributed by atoms with Crippen molar-refractivity contribution in [2.75, 3.05) is 0 Å². The van der Waals surface area contributed by atoms with Gasteiger partial charge in [0.15, 0.2) is 0 Å². The van der Waals surface area contributed by atoms with Crippen molar-refractivity contribution in [3.8, 4) is 0 Å². The van der Waals surface area contributed by atoms with Crippen LogP contribution in [-0.4, -0.2) is 10.7 Å². The van der Waals surface area contributed by atoms with Crippen LogP contribution < -0.4 is 0 Å². The summed E-state index contributed by atoms with van der Waals surface area (Å²) in [6.45, 7) is 6.76. The number of hydrogen-bond donors (Lipinski definition) is 1. The molecule has 14 heavy (non-hydrogen) atoms. The Morgan fingerprint density at radius 2 is 2.00 bits per heavy atom. The second kappa shape index (κ2) is 3.52. The smallest absolute Gasteiger partial charge is 0.0704 e. The molecule has 0 aromatic rings. The lowest BCUT2D eigenvalue weighted by molar-refractivity contribution is -0.0647. The quantitative estimate of drug-likeness (QED) is 0.735. The van der Waals surface area contributed by atoms with Crippen molar-refractivity contribution in [3.63, 3.8) is 0 Å². The normalized spacial score (nSPS) is 43.5. The molecular formula is C13H24O. The van der Waals surface area contributed by atoms with E-state index in [9.17, 15) is 5.11 Å². The Morgan fingerprint density at radius 1 is 1.29 bits per heavy atom.